The first-order valence-electron chi connectivity index (χ1n) is 7.08. The van der Waals surface area contributed by atoms with Crippen LogP contribution < -0.4 is 10.6 Å². The van der Waals surface area contributed by atoms with Crippen LogP contribution in [0.3, 0.4) is 0 Å². The van der Waals surface area contributed by atoms with Gasteiger partial charge >= 0.3 is 12.2 Å². The zero-order chi connectivity index (χ0) is 17.7. The number of halogens is 3. The molecule has 1 unspecified atom stereocenters. The van der Waals surface area contributed by atoms with E-state index in [9.17, 15) is 23.1 Å². The maximum atomic E-state index is 12.7. The van der Waals surface area contributed by atoms with Gasteiger partial charge in [0.25, 0.3) is 0 Å². The first kappa shape index (κ1) is 17.7. The summed E-state index contributed by atoms with van der Waals surface area (Å²) in [7, 11) is 0. The maximum Gasteiger partial charge on any atom is 0.416 e. The number of anilines is 1. The van der Waals surface area contributed by atoms with Gasteiger partial charge < -0.3 is 15.7 Å². The predicted octanol–water partition coefficient (Wildman–Crippen LogP) is 3.26. The van der Waals surface area contributed by atoms with Crippen LogP contribution in [0, 0.1) is 6.92 Å². The Kier molecular flexibility index (Phi) is 5.40. The number of hydrogen-bond acceptors (Lipinski definition) is 3. The second-order valence-corrected chi connectivity index (χ2v) is 5.16. The van der Waals surface area contributed by atoms with Crippen molar-refractivity contribution in [3.63, 3.8) is 0 Å². The van der Waals surface area contributed by atoms with Gasteiger partial charge in [0.1, 0.15) is 0 Å². The molecule has 0 aliphatic carbocycles. The number of urea groups is 1. The summed E-state index contributed by atoms with van der Waals surface area (Å²) in [5.41, 5.74) is 0.464. The third-order valence-electron chi connectivity index (χ3n) is 3.21. The molecule has 128 valence electrons. The summed E-state index contributed by atoms with van der Waals surface area (Å²) >= 11 is 0. The fourth-order valence-corrected chi connectivity index (χ4v) is 2.03. The first-order valence-corrected chi connectivity index (χ1v) is 7.08. The molecule has 0 aliphatic rings. The van der Waals surface area contributed by atoms with Gasteiger partial charge in [0.05, 0.1) is 11.7 Å². The molecular formula is C16H16F3N3O2. The van der Waals surface area contributed by atoms with Crippen molar-refractivity contribution in [2.75, 3.05) is 11.9 Å². The summed E-state index contributed by atoms with van der Waals surface area (Å²) in [6, 6.07) is 7.02. The lowest BCUT2D eigenvalue weighted by Gasteiger charge is -2.15. The molecule has 1 aromatic carbocycles. The summed E-state index contributed by atoms with van der Waals surface area (Å²) in [5.74, 6) is 0. The Labute approximate surface area is 136 Å². The number of aliphatic hydroxyl groups excluding tert-OH is 1. The largest absolute Gasteiger partial charge is 0.416 e. The Morgan fingerprint density at radius 1 is 1.29 bits per heavy atom. The van der Waals surface area contributed by atoms with Crippen LogP contribution in [0.2, 0.25) is 0 Å². The average Bonchev–Trinajstić information content (AvgIpc) is 2.52. The van der Waals surface area contributed by atoms with Gasteiger partial charge in [0.15, 0.2) is 0 Å². The number of amides is 2. The smallest absolute Gasteiger partial charge is 0.387 e. The van der Waals surface area contributed by atoms with E-state index < -0.39 is 23.9 Å². The molecule has 0 radical (unpaired) electrons. The number of nitrogens with one attached hydrogen (secondary N) is 2. The summed E-state index contributed by atoms with van der Waals surface area (Å²) in [4.78, 5) is 15.7. The fraction of sp³-hybridized carbons (Fsp3) is 0.250. The third kappa shape index (κ3) is 4.95. The fourth-order valence-electron chi connectivity index (χ4n) is 2.03. The molecule has 0 fully saturated rings. The number of nitrogens with zero attached hydrogens (tertiary/aromatic N) is 1. The Morgan fingerprint density at radius 3 is 2.71 bits per heavy atom. The molecule has 0 aliphatic heterocycles. The van der Waals surface area contributed by atoms with Crippen LogP contribution in [0.25, 0.3) is 0 Å². The molecule has 1 atom stereocenters. The van der Waals surface area contributed by atoms with Crippen LogP contribution in [0.4, 0.5) is 23.7 Å². The molecule has 5 nitrogen and oxygen atoms in total. The minimum atomic E-state index is -4.49. The highest BCUT2D eigenvalue weighted by Gasteiger charge is 2.30. The van der Waals surface area contributed by atoms with Crippen molar-refractivity contribution in [1.82, 2.24) is 10.3 Å². The standard InChI is InChI=1S/C16H16F3N3O2/c1-10-7-13(5-6-20-10)22-15(24)21-9-14(23)11-3-2-4-12(8-11)16(17,18)19/h2-8,14,23H,9H2,1H3,(H2,20,21,22,24). The zero-order valence-electron chi connectivity index (χ0n) is 12.8. The van der Waals surface area contributed by atoms with E-state index in [4.69, 9.17) is 0 Å². The lowest BCUT2D eigenvalue weighted by Crippen LogP contribution is -2.32. The van der Waals surface area contributed by atoms with Crippen LogP contribution in [-0.2, 0) is 6.18 Å². The summed E-state index contributed by atoms with van der Waals surface area (Å²) in [6.07, 6.45) is -4.21. The van der Waals surface area contributed by atoms with Crippen molar-refractivity contribution in [3.05, 3.63) is 59.4 Å². The highest BCUT2D eigenvalue weighted by atomic mass is 19.4. The van der Waals surface area contributed by atoms with Crippen molar-refractivity contribution in [2.24, 2.45) is 0 Å². The van der Waals surface area contributed by atoms with Gasteiger partial charge in [-0.05, 0) is 36.8 Å². The Bertz CT molecular complexity index is 720. The number of pyridine rings is 1. The van der Waals surface area contributed by atoms with Crippen LogP contribution >= 0.6 is 0 Å². The van der Waals surface area contributed by atoms with E-state index in [1.807, 2.05) is 0 Å². The van der Waals surface area contributed by atoms with Gasteiger partial charge in [-0.1, -0.05) is 12.1 Å². The molecule has 0 bridgehead atoms. The van der Waals surface area contributed by atoms with Gasteiger partial charge in [-0.25, -0.2) is 4.79 Å². The topological polar surface area (TPSA) is 74.2 Å². The van der Waals surface area contributed by atoms with E-state index in [1.165, 1.54) is 18.3 Å². The summed E-state index contributed by atoms with van der Waals surface area (Å²) < 4.78 is 38.0. The highest BCUT2D eigenvalue weighted by Crippen LogP contribution is 2.30. The summed E-state index contributed by atoms with van der Waals surface area (Å²) in [5, 5.41) is 14.9. The van der Waals surface area contributed by atoms with Crippen LogP contribution in [0.5, 0.6) is 0 Å². The molecule has 1 heterocycles. The number of alkyl halides is 3. The first-order chi connectivity index (χ1) is 11.3. The number of aromatic nitrogens is 1. The Hall–Kier alpha value is -2.61. The zero-order valence-corrected chi connectivity index (χ0v) is 12.8. The van der Waals surface area contributed by atoms with E-state index in [0.29, 0.717) is 5.69 Å². The molecule has 2 amide bonds. The van der Waals surface area contributed by atoms with Crippen LogP contribution in [0.15, 0.2) is 42.6 Å². The quantitative estimate of drug-likeness (QED) is 0.800. The Morgan fingerprint density at radius 2 is 2.04 bits per heavy atom. The SMILES string of the molecule is Cc1cc(NC(=O)NCC(O)c2cccc(C(F)(F)F)c2)ccn1. The van der Waals surface area contributed by atoms with Gasteiger partial charge in [0, 0.05) is 24.1 Å². The molecule has 2 aromatic rings. The van der Waals surface area contributed by atoms with E-state index in [1.54, 1.807) is 19.1 Å². The minimum absolute atomic E-state index is 0.0740. The van der Waals surface area contributed by atoms with Crippen molar-refractivity contribution in [1.29, 1.82) is 0 Å². The monoisotopic (exact) mass is 339 g/mol. The van der Waals surface area contributed by atoms with Gasteiger partial charge in [-0.3, -0.25) is 4.98 Å². The van der Waals surface area contributed by atoms with Crippen molar-refractivity contribution >= 4 is 11.7 Å². The number of aryl methyl sites for hydroxylation is 1. The van der Waals surface area contributed by atoms with E-state index >= 15 is 0 Å². The number of aliphatic hydroxyl groups is 1. The molecule has 0 saturated heterocycles. The molecule has 0 saturated carbocycles. The lowest BCUT2D eigenvalue weighted by atomic mass is 10.1. The molecule has 2 rings (SSSR count). The van der Waals surface area contributed by atoms with Gasteiger partial charge in [-0.2, -0.15) is 13.2 Å². The highest BCUT2D eigenvalue weighted by molar-refractivity contribution is 5.89. The number of carbonyl (C=O) groups excluding carboxylic acids is 1. The second kappa shape index (κ2) is 7.31. The predicted molar refractivity (Wildman–Crippen MR) is 82.4 cm³/mol. The molecule has 8 heteroatoms. The Balaban J connectivity index is 1.93. The molecular weight excluding hydrogens is 323 g/mol. The normalized spacial score (nSPS) is 12.5. The number of benzene rings is 1. The summed E-state index contributed by atoms with van der Waals surface area (Å²) in [6.45, 7) is 1.54. The van der Waals surface area contributed by atoms with Gasteiger partial charge in [-0.15, -0.1) is 0 Å². The molecule has 1 aromatic heterocycles. The van der Waals surface area contributed by atoms with Crippen LogP contribution in [0.1, 0.15) is 22.9 Å². The van der Waals surface area contributed by atoms with E-state index in [0.717, 1.165) is 17.8 Å². The van der Waals surface area contributed by atoms with Crippen molar-refractivity contribution < 1.29 is 23.1 Å². The lowest BCUT2D eigenvalue weighted by molar-refractivity contribution is -0.137. The van der Waals surface area contributed by atoms with Crippen molar-refractivity contribution in [3.8, 4) is 0 Å². The number of carbonyl (C=O) groups is 1. The second-order valence-electron chi connectivity index (χ2n) is 5.16. The average molecular weight is 339 g/mol. The van der Waals surface area contributed by atoms with Gasteiger partial charge in [0.2, 0.25) is 0 Å². The molecule has 0 spiro atoms. The van der Waals surface area contributed by atoms with E-state index in [2.05, 4.69) is 15.6 Å². The van der Waals surface area contributed by atoms with E-state index in [-0.39, 0.29) is 12.1 Å². The third-order valence-corrected chi connectivity index (χ3v) is 3.21. The maximum absolute atomic E-state index is 12.7. The molecule has 3 N–H and O–H groups in total. The number of hydrogen-bond donors (Lipinski definition) is 3. The van der Waals surface area contributed by atoms with Crippen LogP contribution in [-0.4, -0.2) is 22.7 Å². The van der Waals surface area contributed by atoms with Crippen molar-refractivity contribution in [2.45, 2.75) is 19.2 Å². The number of rotatable bonds is 4. The minimum Gasteiger partial charge on any atom is -0.387 e. The molecule has 24 heavy (non-hydrogen) atoms.